The van der Waals surface area contributed by atoms with Crippen molar-refractivity contribution in [2.24, 2.45) is 0 Å². The Morgan fingerprint density at radius 2 is 1.94 bits per heavy atom. The summed E-state index contributed by atoms with van der Waals surface area (Å²) in [5.74, 6) is 0.309. The van der Waals surface area contributed by atoms with Crippen LogP contribution in [0.5, 0.6) is 5.75 Å². The van der Waals surface area contributed by atoms with Crippen LogP contribution in [0, 0.1) is 0 Å². The minimum Gasteiger partial charge on any atom is -0.508 e. The van der Waals surface area contributed by atoms with E-state index in [0.717, 1.165) is 20.8 Å². The highest BCUT2D eigenvalue weighted by molar-refractivity contribution is 9.10. The SMILES string of the molecule is OCCCc1c(O)ccc2cc(Br)ccc12. The first kappa shape index (κ1) is 11.4. The topological polar surface area (TPSA) is 40.5 Å². The number of hydrogen-bond acceptors (Lipinski definition) is 2. The van der Waals surface area contributed by atoms with Crippen LogP contribution >= 0.6 is 15.9 Å². The van der Waals surface area contributed by atoms with Crippen molar-refractivity contribution in [1.29, 1.82) is 0 Å². The number of aliphatic hydroxyl groups excluding tert-OH is 1. The first-order chi connectivity index (χ1) is 7.72. The van der Waals surface area contributed by atoms with E-state index in [1.807, 2.05) is 24.3 Å². The molecule has 0 amide bonds. The molecule has 2 N–H and O–H groups in total. The summed E-state index contributed by atoms with van der Waals surface area (Å²) in [6.07, 6.45) is 1.37. The average Bonchev–Trinajstić information content (AvgIpc) is 2.28. The van der Waals surface area contributed by atoms with Crippen molar-refractivity contribution in [1.82, 2.24) is 0 Å². The number of hydrogen-bond donors (Lipinski definition) is 2. The molecule has 0 radical (unpaired) electrons. The van der Waals surface area contributed by atoms with Crippen molar-refractivity contribution in [2.75, 3.05) is 6.61 Å². The number of benzene rings is 2. The summed E-state index contributed by atoms with van der Waals surface area (Å²) in [5, 5.41) is 20.8. The molecule has 2 aromatic carbocycles. The van der Waals surface area contributed by atoms with Crippen LogP contribution < -0.4 is 0 Å². The maximum Gasteiger partial charge on any atom is 0.119 e. The van der Waals surface area contributed by atoms with Gasteiger partial charge in [-0.3, -0.25) is 0 Å². The second kappa shape index (κ2) is 4.85. The molecule has 2 aromatic rings. The van der Waals surface area contributed by atoms with E-state index in [2.05, 4.69) is 15.9 Å². The zero-order valence-corrected chi connectivity index (χ0v) is 10.4. The number of aromatic hydroxyl groups is 1. The van der Waals surface area contributed by atoms with Gasteiger partial charge in [-0.25, -0.2) is 0 Å². The van der Waals surface area contributed by atoms with Gasteiger partial charge in [-0.05, 0) is 41.8 Å². The van der Waals surface area contributed by atoms with E-state index in [9.17, 15) is 5.11 Å². The Bertz CT molecular complexity index is 509. The largest absolute Gasteiger partial charge is 0.508 e. The Morgan fingerprint density at radius 1 is 1.12 bits per heavy atom. The lowest BCUT2D eigenvalue weighted by Crippen LogP contribution is -1.92. The molecule has 0 aliphatic rings. The summed E-state index contributed by atoms with van der Waals surface area (Å²) in [7, 11) is 0. The molecule has 0 aliphatic carbocycles. The third kappa shape index (κ3) is 2.20. The van der Waals surface area contributed by atoms with Crippen molar-refractivity contribution in [3.05, 3.63) is 40.4 Å². The van der Waals surface area contributed by atoms with Gasteiger partial charge in [-0.1, -0.05) is 28.1 Å². The molecule has 0 aliphatic heterocycles. The van der Waals surface area contributed by atoms with Gasteiger partial charge in [0.05, 0.1) is 0 Å². The molecule has 2 nitrogen and oxygen atoms in total. The van der Waals surface area contributed by atoms with E-state index >= 15 is 0 Å². The second-order valence-corrected chi connectivity index (χ2v) is 4.67. The summed E-state index contributed by atoms with van der Waals surface area (Å²) >= 11 is 3.43. The van der Waals surface area contributed by atoms with Crippen LogP contribution in [0.4, 0.5) is 0 Å². The van der Waals surface area contributed by atoms with E-state index in [1.54, 1.807) is 6.07 Å². The summed E-state index contributed by atoms with van der Waals surface area (Å²) < 4.78 is 1.03. The first-order valence-electron chi connectivity index (χ1n) is 5.23. The lowest BCUT2D eigenvalue weighted by Gasteiger charge is -2.08. The van der Waals surface area contributed by atoms with Gasteiger partial charge in [-0.15, -0.1) is 0 Å². The molecule has 0 atom stereocenters. The second-order valence-electron chi connectivity index (χ2n) is 3.76. The molecule has 0 unspecified atom stereocenters. The van der Waals surface area contributed by atoms with Crippen molar-refractivity contribution in [3.63, 3.8) is 0 Å². The average molecular weight is 281 g/mol. The van der Waals surface area contributed by atoms with Gasteiger partial charge in [0, 0.05) is 16.6 Å². The molecule has 2 rings (SSSR count). The zero-order valence-electron chi connectivity index (χ0n) is 8.78. The minimum atomic E-state index is 0.145. The fraction of sp³-hybridized carbons (Fsp3) is 0.231. The predicted molar refractivity (Wildman–Crippen MR) is 68.7 cm³/mol. The number of phenolic OH excluding ortho intramolecular Hbond substituents is 1. The van der Waals surface area contributed by atoms with Gasteiger partial charge in [-0.2, -0.15) is 0 Å². The summed E-state index contributed by atoms with van der Waals surface area (Å²) in [4.78, 5) is 0. The molecule has 0 spiro atoms. The fourth-order valence-corrected chi connectivity index (χ4v) is 2.25. The number of phenols is 1. The number of fused-ring (bicyclic) bond motifs is 1. The van der Waals surface area contributed by atoms with Gasteiger partial charge in [0.1, 0.15) is 5.75 Å². The molecule has 84 valence electrons. The molecule has 0 heterocycles. The lowest BCUT2D eigenvalue weighted by molar-refractivity contribution is 0.288. The molecule has 0 saturated heterocycles. The Balaban J connectivity index is 2.55. The van der Waals surface area contributed by atoms with Crippen LogP contribution in [0.25, 0.3) is 10.8 Å². The van der Waals surface area contributed by atoms with Gasteiger partial charge in [0.2, 0.25) is 0 Å². The predicted octanol–water partition coefficient (Wildman–Crippen LogP) is 3.23. The van der Waals surface area contributed by atoms with Crippen LogP contribution in [0.1, 0.15) is 12.0 Å². The number of halogens is 1. The highest BCUT2D eigenvalue weighted by Gasteiger charge is 2.06. The number of rotatable bonds is 3. The van der Waals surface area contributed by atoms with Gasteiger partial charge >= 0.3 is 0 Å². The molecule has 0 saturated carbocycles. The van der Waals surface area contributed by atoms with E-state index in [4.69, 9.17) is 5.11 Å². The van der Waals surface area contributed by atoms with Crippen LogP contribution in [-0.4, -0.2) is 16.8 Å². The minimum absolute atomic E-state index is 0.145. The van der Waals surface area contributed by atoms with Crippen molar-refractivity contribution in [2.45, 2.75) is 12.8 Å². The maximum absolute atomic E-state index is 9.81. The Morgan fingerprint density at radius 3 is 2.69 bits per heavy atom. The molecular weight excluding hydrogens is 268 g/mol. The monoisotopic (exact) mass is 280 g/mol. The van der Waals surface area contributed by atoms with Crippen molar-refractivity contribution < 1.29 is 10.2 Å². The summed E-state index contributed by atoms with van der Waals surface area (Å²) in [5.41, 5.74) is 0.916. The Labute approximate surface area is 103 Å². The van der Waals surface area contributed by atoms with E-state index in [1.165, 1.54) is 0 Å². The summed E-state index contributed by atoms with van der Waals surface area (Å²) in [6, 6.07) is 9.59. The van der Waals surface area contributed by atoms with E-state index in [-0.39, 0.29) is 6.61 Å². The molecule has 3 heteroatoms. The third-order valence-electron chi connectivity index (χ3n) is 2.65. The molecule has 16 heavy (non-hydrogen) atoms. The zero-order chi connectivity index (χ0) is 11.5. The van der Waals surface area contributed by atoms with Crippen molar-refractivity contribution in [3.8, 4) is 5.75 Å². The highest BCUT2D eigenvalue weighted by Crippen LogP contribution is 2.30. The quantitative estimate of drug-likeness (QED) is 0.906. The molecule has 0 fully saturated rings. The first-order valence-corrected chi connectivity index (χ1v) is 6.02. The van der Waals surface area contributed by atoms with Gasteiger partial charge in [0.15, 0.2) is 0 Å². The Hall–Kier alpha value is -1.06. The smallest absolute Gasteiger partial charge is 0.119 e. The molecular formula is C13H13BrO2. The van der Waals surface area contributed by atoms with Crippen molar-refractivity contribution >= 4 is 26.7 Å². The lowest BCUT2D eigenvalue weighted by atomic mass is 10.00. The number of aliphatic hydroxyl groups is 1. The molecule has 0 aromatic heterocycles. The van der Waals surface area contributed by atoms with Gasteiger partial charge < -0.3 is 10.2 Å². The van der Waals surface area contributed by atoms with Gasteiger partial charge in [0.25, 0.3) is 0 Å². The third-order valence-corrected chi connectivity index (χ3v) is 3.15. The summed E-state index contributed by atoms with van der Waals surface area (Å²) in [6.45, 7) is 0.145. The highest BCUT2D eigenvalue weighted by atomic mass is 79.9. The van der Waals surface area contributed by atoms with Crippen LogP contribution in [0.15, 0.2) is 34.8 Å². The number of aryl methyl sites for hydroxylation is 1. The van der Waals surface area contributed by atoms with Crippen LogP contribution in [0.3, 0.4) is 0 Å². The maximum atomic E-state index is 9.81. The van der Waals surface area contributed by atoms with Crippen LogP contribution in [0.2, 0.25) is 0 Å². The molecule has 0 bridgehead atoms. The van der Waals surface area contributed by atoms with Crippen LogP contribution in [-0.2, 0) is 6.42 Å². The normalized spacial score (nSPS) is 10.9. The standard InChI is InChI=1S/C13H13BrO2/c14-10-4-5-11-9(8-10)3-6-13(16)12(11)2-1-7-15/h3-6,8,15-16H,1-2,7H2. The Kier molecular flexibility index (Phi) is 3.46. The van der Waals surface area contributed by atoms with E-state index < -0.39 is 0 Å². The fourth-order valence-electron chi connectivity index (χ4n) is 1.87. The van der Waals surface area contributed by atoms with E-state index in [0.29, 0.717) is 18.6 Å².